The molecule has 4 radical (unpaired) electrons. The first-order valence-corrected chi connectivity index (χ1v) is 1.95. The van der Waals surface area contributed by atoms with Crippen LogP contribution in [0.5, 0.6) is 0 Å². The zero-order chi connectivity index (χ0) is 5.41. The van der Waals surface area contributed by atoms with E-state index in [4.69, 9.17) is 5.73 Å². The largest absolute Gasteiger partial charge is 0.330 e. The average Bonchev–Trinajstić information content (AvgIpc) is 1.72. The number of hydrogen-bond donors (Lipinski definition) is 1. The Morgan fingerprint density at radius 1 is 1.50 bits per heavy atom. The van der Waals surface area contributed by atoms with Crippen LogP contribution < -0.4 is 5.73 Å². The van der Waals surface area contributed by atoms with Crippen LogP contribution in [0.4, 0.5) is 0 Å². The SMILES string of the molecule is CCCN.[B][B]. The van der Waals surface area contributed by atoms with Crippen LogP contribution in [0.15, 0.2) is 0 Å². The van der Waals surface area contributed by atoms with Gasteiger partial charge in [-0.1, -0.05) is 6.92 Å². The molecular weight excluding hydrogens is 71.7 g/mol. The van der Waals surface area contributed by atoms with Gasteiger partial charge in [-0.2, -0.15) is 0 Å². The summed E-state index contributed by atoms with van der Waals surface area (Å²) in [5, 5.41) is 0. The Morgan fingerprint density at radius 3 is 1.67 bits per heavy atom. The van der Waals surface area contributed by atoms with Crippen molar-refractivity contribution in [3.05, 3.63) is 0 Å². The fraction of sp³-hybridized carbons (Fsp3) is 1.00. The van der Waals surface area contributed by atoms with E-state index in [1.54, 1.807) is 0 Å². The second-order valence-corrected chi connectivity index (χ2v) is 0.789. The van der Waals surface area contributed by atoms with E-state index >= 15 is 0 Å². The van der Waals surface area contributed by atoms with Gasteiger partial charge in [0.05, 0.1) is 0 Å². The number of hydrogen-bond acceptors (Lipinski definition) is 1. The zero-order valence-electron chi connectivity index (χ0n) is 4.15. The van der Waals surface area contributed by atoms with E-state index in [1.807, 2.05) is 0 Å². The van der Waals surface area contributed by atoms with E-state index < -0.39 is 0 Å². The molecule has 0 rings (SSSR count). The van der Waals surface area contributed by atoms with E-state index in [9.17, 15) is 0 Å². The first kappa shape index (κ1) is 9.43. The lowest BCUT2D eigenvalue weighted by molar-refractivity contribution is 0.932. The highest BCUT2D eigenvalue weighted by Gasteiger charge is 1.55. The minimum absolute atomic E-state index is 0.819. The summed E-state index contributed by atoms with van der Waals surface area (Å²) >= 11 is 0. The lowest BCUT2D eigenvalue weighted by Crippen LogP contribution is -1.93. The first-order valence-electron chi connectivity index (χ1n) is 1.95. The van der Waals surface area contributed by atoms with Gasteiger partial charge in [-0.15, -0.1) is 0 Å². The lowest BCUT2D eigenvalue weighted by Gasteiger charge is -1.70. The third kappa shape index (κ3) is 32.9. The molecular formula is C3H9B2N. The summed E-state index contributed by atoms with van der Waals surface area (Å²) in [5.74, 6) is 0. The predicted molar refractivity (Wildman–Crippen MR) is 30.9 cm³/mol. The van der Waals surface area contributed by atoms with Crippen LogP contribution in [0.3, 0.4) is 0 Å². The van der Waals surface area contributed by atoms with Gasteiger partial charge in [0.25, 0.3) is 0 Å². The minimum atomic E-state index is 0.819. The molecule has 0 amide bonds. The Balaban J connectivity index is 0. The van der Waals surface area contributed by atoms with E-state index in [1.165, 1.54) is 0 Å². The molecule has 0 saturated carbocycles. The van der Waals surface area contributed by atoms with E-state index in [0.717, 1.165) is 13.0 Å². The molecule has 0 aliphatic carbocycles. The standard InChI is InChI=1S/C3H9N.B2/c1-2-3-4;1-2/h2-4H2,1H3;. The van der Waals surface area contributed by atoms with Crippen LogP contribution in [0.2, 0.25) is 0 Å². The zero-order valence-corrected chi connectivity index (χ0v) is 4.15. The highest BCUT2D eigenvalue weighted by atomic mass is 14.5. The molecule has 0 bridgehead atoms. The van der Waals surface area contributed by atoms with Crippen molar-refractivity contribution in [3.63, 3.8) is 0 Å². The predicted octanol–water partition coefficient (Wildman–Crippen LogP) is -0.407. The van der Waals surface area contributed by atoms with Crippen molar-refractivity contribution in [2.75, 3.05) is 6.54 Å². The molecule has 0 fully saturated rings. The van der Waals surface area contributed by atoms with Gasteiger partial charge in [0, 0.05) is 15.5 Å². The van der Waals surface area contributed by atoms with E-state index in [0.29, 0.717) is 0 Å². The maximum atomic E-state index is 5.03. The molecule has 0 aliphatic heterocycles. The summed E-state index contributed by atoms with van der Waals surface area (Å²) < 4.78 is 0. The maximum Gasteiger partial charge on any atom is 0 e. The summed E-state index contributed by atoms with van der Waals surface area (Å²) in [7, 11) is 8.00. The van der Waals surface area contributed by atoms with Gasteiger partial charge in [0.1, 0.15) is 0 Å². The second kappa shape index (κ2) is 19.5. The molecule has 6 heavy (non-hydrogen) atoms. The molecule has 0 unspecified atom stereocenters. The summed E-state index contributed by atoms with van der Waals surface area (Å²) in [6, 6.07) is 0. The molecule has 1 nitrogen and oxygen atoms in total. The molecule has 0 aliphatic rings. The van der Waals surface area contributed by atoms with Crippen molar-refractivity contribution < 1.29 is 0 Å². The fourth-order valence-corrected chi connectivity index (χ4v) is 0. The van der Waals surface area contributed by atoms with Crippen molar-refractivity contribution in [2.24, 2.45) is 5.73 Å². The highest BCUT2D eigenvalue weighted by molar-refractivity contribution is 6.75. The minimum Gasteiger partial charge on any atom is -0.330 e. The molecule has 3 heteroatoms. The smallest absolute Gasteiger partial charge is 0 e. The van der Waals surface area contributed by atoms with Gasteiger partial charge in [-0.3, -0.25) is 0 Å². The lowest BCUT2D eigenvalue weighted by atomic mass is 9.81. The normalized spacial score (nSPS) is 5.67. The number of nitrogens with two attached hydrogens (primary N) is 1. The van der Waals surface area contributed by atoms with Crippen molar-refractivity contribution in [2.45, 2.75) is 13.3 Å². The third-order valence-electron chi connectivity index (χ3n) is 0.289. The molecule has 0 atom stereocenters. The van der Waals surface area contributed by atoms with Crippen molar-refractivity contribution >= 4 is 15.5 Å². The quantitative estimate of drug-likeness (QED) is 0.426. The average molecular weight is 80.7 g/mol. The number of rotatable bonds is 1. The van der Waals surface area contributed by atoms with Crippen molar-refractivity contribution in [1.29, 1.82) is 0 Å². The topological polar surface area (TPSA) is 26.0 Å². The van der Waals surface area contributed by atoms with Gasteiger partial charge in [0.2, 0.25) is 0 Å². The first-order chi connectivity index (χ1) is 2.91. The monoisotopic (exact) mass is 81.1 g/mol. The summed E-state index contributed by atoms with van der Waals surface area (Å²) in [5.41, 5.74) is 5.03. The second-order valence-electron chi connectivity index (χ2n) is 0.789. The molecule has 0 heterocycles. The Hall–Kier alpha value is 0.0899. The molecule has 0 saturated heterocycles. The van der Waals surface area contributed by atoms with Gasteiger partial charge < -0.3 is 5.73 Å². The Kier molecular flexibility index (Phi) is 30.6. The Bertz CT molecular complexity index is 10.8. The molecule has 0 aromatic heterocycles. The Morgan fingerprint density at radius 2 is 1.67 bits per heavy atom. The molecule has 32 valence electrons. The summed E-state index contributed by atoms with van der Waals surface area (Å²) in [4.78, 5) is 0. The van der Waals surface area contributed by atoms with Crippen LogP contribution >= 0.6 is 0 Å². The molecule has 0 aromatic carbocycles. The fourth-order valence-electron chi connectivity index (χ4n) is 0. The van der Waals surface area contributed by atoms with Gasteiger partial charge in [0.15, 0.2) is 0 Å². The highest BCUT2D eigenvalue weighted by Crippen LogP contribution is 1.57. The Labute approximate surface area is 42.1 Å². The van der Waals surface area contributed by atoms with Crippen LogP contribution in [0, 0.1) is 0 Å². The van der Waals surface area contributed by atoms with Crippen molar-refractivity contribution in [3.8, 4) is 0 Å². The molecule has 0 aromatic rings. The van der Waals surface area contributed by atoms with E-state index in [-0.39, 0.29) is 0 Å². The van der Waals surface area contributed by atoms with Gasteiger partial charge >= 0.3 is 0 Å². The molecule has 2 N–H and O–H groups in total. The van der Waals surface area contributed by atoms with E-state index in [2.05, 4.69) is 22.4 Å². The van der Waals surface area contributed by atoms with Gasteiger partial charge in [-0.25, -0.2) is 0 Å². The third-order valence-corrected chi connectivity index (χ3v) is 0.289. The van der Waals surface area contributed by atoms with Crippen LogP contribution in [-0.4, -0.2) is 22.0 Å². The maximum absolute atomic E-state index is 5.03. The van der Waals surface area contributed by atoms with Crippen LogP contribution in [0.25, 0.3) is 0 Å². The summed E-state index contributed by atoms with van der Waals surface area (Å²) in [6.45, 7) is 2.88. The van der Waals surface area contributed by atoms with Crippen LogP contribution in [0.1, 0.15) is 13.3 Å². The summed E-state index contributed by atoms with van der Waals surface area (Å²) in [6.07, 6.45) is 1.10. The van der Waals surface area contributed by atoms with Gasteiger partial charge in [-0.05, 0) is 13.0 Å². The molecule has 0 spiro atoms. The van der Waals surface area contributed by atoms with Crippen LogP contribution in [-0.2, 0) is 0 Å². The van der Waals surface area contributed by atoms with Crippen molar-refractivity contribution in [1.82, 2.24) is 0 Å².